The Bertz CT molecular complexity index is 524. The van der Waals surface area contributed by atoms with Crippen LogP contribution in [0.15, 0.2) is 29.4 Å². The SMILES string of the molecule is Cl.N#CCCCCC(=NOCCN)c1ccc(C(F)(F)F)cc1. The number of rotatable bonds is 8. The normalized spacial score (nSPS) is 11.5. The molecule has 0 heterocycles. The Labute approximate surface area is 139 Å². The lowest BCUT2D eigenvalue weighted by atomic mass is 10.0. The molecule has 0 unspecified atom stereocenters. The molecule has 1 aromatic rings. The summed E-state index contributed by atoms with van der Waals surface area (Å²) in [5, 5.41) is 12.4. The number of benzene rings is 1. The van der Waals surface area contributed by atoms with E-state index in [1.165, 1.54) is 12.1 Å². The Kier molecular flexibility index (Phi) is 10.0. The van der Waals surface area contributed by atoms with Gasteiger partial charge in [-0.05, 0) is 37.0 Å². The predicted octanol–water partition coefficient (Wildman–Crippen LogP) is 3.89. The Morgan fingerprint density at radius 2 is 1.87 bits per heavy atom. The lowest BCUT2D eigenvalue weighted by Crippen LogP contribution is -2.09. The molecular weight excluding hydrogens is 331 g/mol. The highest BCUT2D eigenvalue weighted by atomic mass is 35.5. The van der Waals surface area contributed by atoms with Gasteiger partial charge in [0.1, 0.15) is 6.61 Å². The molecule has 0 amide bonds. The van der Waals surface area contributed by atoms with Crippen LogP contribution in [-0.4, -0.2) is 18.9 Å². The van der Waals surface area contributed by atoms with Crippen molar-refractivity contribution in [2.45, 2.75) is 31.9 Å². The molecule has 0 aliphatic heterocycles. The van der Waals surface area contributed by atoms with Gasteiger partial charge in [0.25, 0.3) is 0 Å². The number of hydrogen-bond donors (Lipinski definition) is 1. The molecule has 0 radical (unpaired) electrons. The molecule has 0 aromatic heterocycles. The van der Waals surface area contributed by atoms with E-state index in [9.17, 15) is 13.2 Å². The maximum absolute atomic E-state index is 12.6. The molecule has 0 saturated heterocycles. The third kappa shape index (κ3) is 7.86. The molecule has 0 atom stereocenters. The molecule has 0 spiro atoms. The fourth-order valence-corrected chi connectivity index (χ4v) is 1.77. The van der Waals surface area contributed by atoms with Crippen molar-refractivity contribution in [1.29, 1.82) is 5.26 Å². The second-order valence-electron chi connectivity index (χ2n) is 4.60. The van der Waals surface area contributed by atoms with Crippen LogP contribution in [0, 0.1) is 11.3 Å². The quantitative estimate of drug-likeness (QED) is 0.439. The first kappa shape index (κ1) is 21.2. The number of unbranched alkanes of at least 4 members (excludes halogenated alkanes) is 2. The van der Waals surface area contributed by atoms with Crippen molar-refractivity contribution in [3.63, 3.8) is 0 Å². The van der Waals surface area contributed by atoms with E-state index in [1.807, 2.05) is 6.07 Å². The summed E-state index contributed by atoms with van der Waals surface area (Å²) in [5.41, 5.74) is 5.73. The molecule has 0 fully saturated rings. The number of nitrogens with zero attached hydrogens (tertiary/aromatic N) is 2. The second kappa shape index (κ2) is 10.9. The van der Waals surface area contributed by atoms with Gasteiger partial charge in [0.2, 0.25) is 0 Å². The highest BCUT2D eigenvalue weighted by Gasteiger charge is 2.30. The number of nitriles is 1. The van der Waals surface area contributed by atoms with Crippen molar-refractivity contribution >= 4 is 18.1 Å². The van der Waals surface area contributed by atoms with Crippen molar-refractivity contribution in [3.05, 3.63) is 35.4 Å². The van der Waals surface area contributed by atoms with Gasteiger partial charge in [-0.3, -0.25) is 0 Å². The molecule has 0 bridgehead atoms. The lowest BCUT2D eigenvalue weighted by Gasteiger charge is -2.09. The fourth-order valence-electron chi connectivity index (χ4n) is 1.77. The molecule has 8 heteroatoms. The van der Waals surface area contributed by atoms with E-state index >= 15 is 0 Å². The van der Waals surface area contributed by atoms with Crippen LogP contribution in [0.4, 0.5) is 13.2 Å². The van der Waals surface area contributed by atoms with E-state index in [0.717, 1.165) is 12.1 Å². The first-order chi connectivity index (χ1) is 10.5. The van der Waals surface area contributed by atoms with Crippen LogP contribution < -0.4 is 5.73 Å². The molecule has 23 heavy (non-hydrogen) atoms. The maximum Gasteiger partial charge on any atom is 0.416 e. The molecule has 128 valence electrons. The summed E-state index contributed by atoms with van der Waals surface area (Å²) in [5.74, 6) is 0. The van der Waals surface area contributed by atoms with Gasteiger partial charge < -0.3 is 10.6 Å². The third-order valence-corrected chi connectivity index (χ3v) is 2.88. The Balaban J connectivity index is 0.00000484. The summed E-state index contributed by atoms with van der Waals surface area (Å²) in [4.78, 5) is 5.03. The summed E-state index contributed by atoms with van der Waals surface area (Å²) in [6.07, 6.45) is -1.99. The number of hydrogen-bond acceptors (Lipinski definition) is 4. The summed E-state index contributed by atoms with van der Waals surface area (Å²) < 4.78 is 37.7. The Morgan fingerprint density at radius 3 is 2.39 bits per heavy atom. The standard InChI is InChI=1S/C15H18F3N3O.ClH/c16-15(17,18)13-7-5-12(6-8-13)14(21-22-11-10-20)4-2-1-3-9-19;/h5-8H,1-4,10-11,20H2;1H. The van der Waals surface area contributed by atoms with Crippen molar-refractivity contribution in [2.24, 2.45) is 10.9 Å². The highest BCUT2D eigenvalue weighted by molar-refractivity contribution is 6.00. The Morgan fingerprint density at radius 1 is 1.22 bits per heavy atom. The topological polar surface area (TPSA) is 71.4 Å². The molecule has 1 aromatic carbocycles. The minimum atomic E-state index is -4.36. The second-order valence-corrected chi connectivity index (χ2v) is 4.60. The minimum absolute atomic E-state index is 0. The maximum atomic E-state index is 12.6. The zero-order valence-corrected chi connectivity index (χ0v) is 13.3. The fraction of sp³-hybridized carbons (Fsp3) is 0.467. The van der Waals surface area contributed by atoms with Crippen molar-refractivity contribution < 1.29 is 18.0 Å². The third-order valence-electron chi connectivity index (χ3n) is 2.88. The number of nitrogens with two attached hydrogens (primary N) is 1. The minimum Gasteiger partial charge on any atom is -0.394 e. The van der Waals surface area contributed by atoms with Crippen LogP contribution in [-0.2, 0) is 11.0 Å². The predicted molar refractivity (Wildman–Crippen MR) is 84.3 cm³/mol. The molecule has 2 N–H and O–H groups in total. The average Bonchev–Trinajstić information content (AvgIpc) is 2.49. The van der Waals surface area contributed by atoms with Crippen LogP contribution >= 0.6 is 12.4 Å². The van der Waals surface area contributed by atoms with Crippen LogP contribution in [0.25, 0.3) is 0 Å². The summed E-state index contributed by atoms with van der Waals surface area (Å²) in [6.45, 7) is 0.542. The van der Waals surface area contributed by atoms with Gasteiger partial charge in [0.15, 0.2) is 0 Å². The van der Waals surface area contributed by atoms with E-state index in [-0.39, 0.29) is 19.0 Å². The van der Waals surface area contributed by atoms with E-state index in [1.54, 1.807) is 0 Å². The van der Waals surface area contributed by atoms with Crippen molar-refractivity contribution in [2.75, 3.05) is 13.2 Å². The molecule has 1 rings (SSSR count). The number of halogens is 4. The molecule has 4 nitrogen and oxygen atoms in total. The highest BCUT2D eigenvalue weighted by Crippen LogP contribution is 2.29. The largest absolute Gasteiger partial charge is 0.416 e. The van der Waals surface area contributed by atoms with Gasteiger partial charge in [-0.15, -0.1) is 12.4 Å². The van der Waals surface area contributed by atoms with E-state index in [0.29, 0.717) is 43.5 Å². The number of oxime groups is 1. The molecule has 0 saturated carbocycles. The van der Waals surface area contributed by atoms with Crippen LogP contribution in [0.5, 0.6) is 0 Å². The van der Waals surface area contributed by atoms with Crippen molar-refractivity contribution in [3.8, 4) is 6.07 Å². The van der Waals surface area contributed by atoms with Gasteiger partial charge in [-0.25, -0.2) is 0 Å². The first-order valence-corrected chi connectivity index (χ1v) is 6.92. The Hall–Kier alpha value is -1.78. The van der Waals surface area contributed by atoms with Gasteiger partial charge in [0.05, 0.1) is 17.3 Å². The van der Waals surface area contributed by atoms with Crippen LogP contribution in [0.3, 0.4) is 0 Å². The van der Waals surface area contributed by atoms with Crippen LogP contribution in [0.2, 0.25) is 0 Å². The zero-order chi connectivity index (χ0) is 16.4. The summed E-state index contributed by atoms with van der Waals surface area (Å²) in [7, 11) is 0. The molecule has 0 aliphatic rings. The first-order valence-electron chi connectivity index (χ1n) is 6.92. The average molecular weight is 350 g/mol. The van der Waals surface area contributed by atoms with Gasteiger partial charge >= 0.3 is 6.18 Å². The number of alkyl halides is 3. The lowest BCUT2D eigenvalue weighted by molar-refractivity contribution is -0.137. The van der Waals surface area contributed by atoms with Crippen LogP contribution in [0.1, 0.15) is 36.8 Å². The van der Waals surface area contributed by atoms with E-state index < -0.39 is 11.7 Å². The van der Waals surface area contributed by atoms with E-state index in [2.05, 4.69) is 5.16 Å². The van der Waals surface area contributed by atoms with Gasteiger partial charge in [-0.1, -0.05) is 17.3 Å². The summed E-state index contributed by atoms with van der Waals surface area (Å²) >= 11 is 0. The molecular formula is C15H19ClF3N3O. The smallest absolute Gasteiger partial charge is 0.394 e. The zero-order valence-electron chi connectivity index (χ0n) is 12.5. The molecule has 0 aliphatic carbocycles. The van der Waals surface area contributed by atoms with Gasteiger partial charge in [0, 0.05) is 13.0 Å². The summed E-state index contributed by atoms with van der Waals surface area (Å²) in [6, 6.07) is 6.82. The van der Waals surface area contributed by atoms with Crippen molar-refractivity contribution in [1.82, 2.24) is 0 Å². The van der Waals surface area contributed by atoms with E-state index in [4.69, 9.17) is 15.8 Å². The van der Waals surface area contributed by atoms with Gasteiger partial charge in [-0.2, -0.15) is 18.4 Å². The monoisotopic (exact) mass is 349 g/mol.